The van der Waals surface area contributed by atoms with E-state index in [2.05, 4.69) is 43.4 Å². The van der Waals surface area contributed by atoms with E-state index in [0.717, 1.165) is 12.6 Å². The van der Waals surface area contributed by atoms with Crippen LogP contribution in [-0.4, -0.2) is 6.04 Å². The van der Waals surface area contributed by atoms with Crippen LogP contribution in [0, 0.1) is 0 Å². The summed E-state index contributed by atoms with van der Waals surface area (Å²) in [5.41, 5.74) is 2.86. The maximum Gasteiger partial charge on any atom is 0.0208 e. The predicted octanol–water partition coefficient (Wildman–Crippen LogP) is 5.01. The fourth-order valence-electron chi connectivity index (χ4n) is 2.94. The van der Waals surface area contributed by atoms with E-state index in [1.807, 2.05) is 0 Å². The van der Waals surface area contributed by atoms with Crippen molar-refractivity contribution in [1.82, 2.24) is 5.32 Å². The summed E-state index contributed by atoms with van der Waals surface area (Å²) < 4.78 is 0. The van der Waals surface area contributed by atoms with Gasteiger partial charge in [-0.05, 0) is 29.9 Å². The van der Waals surface area contributed by atoms with Gasteiger partial charge in [0.1, 0.15) is 0 Å². The van der Waals surface area contributed by atoms with E-state index < -0.39 is 0 Å². The molecule has 1 nitrogen and oxygen atoms in total. The molecule has 0 aromatic heterocycles. The largest absolute Gasteiger partial charge is 0.310 e. The van der Waals surface area contributed by atoms with Gasteiger partial charge in [-0.2, -0.15) is 0 Å². The van der Waals surface area contributed by atoms with Crippen LogP contribution in [0.15, 0.2) is 24.3 Å². The van der Waals surface area contributed by atoms with E-state index in [1.165, 1.54) is 56.1 Å². The third-order valence-corrected chi connectivity index (χ3v) is 4.35. The molecule has 1 aliphatic rings. The second kappa shape index (κ2) is 7.69. The van der Waals surface area contributed by atoms with Crippen LogP contribution < -0.4 is 5.32 Å². The fraction of sp³-hybridized carbons (Fsp3) is 0.667. The van der Waals surface area contributed by atoms with Crippen LogP contribution in [0.3, 0.4) is 0 Å². The summed E-state index contributed by atoms with van der Waals surface area (Å²) in [5.74, 6) is 0.632. The van der Waals surface area contributed by atoms with E-state index >= 15 is 0 Å². The molecule has 19 heavy (non-hydrogen) atoms. The Morgan fingerprint density at radius 2 is 1.53 bits per heavy atom. The van der Waals surface area contributed by atoms with Crippen LogP contribution in [0.5, 0.6) is 0 Å². The molecule has 1 aromatic carbocycles. The van der Waals surface area contributed by atoms with Crippen molar-refractivity contribution in [3.8, 4) is 0 Å². The predicted molar refractivity (Wildman–Crippen MR) is 83.5 cm³/mol. The second-order valence-electron chi connectivity index (χ2n) is 6.32. The minimum absolute atomic E-state index is 0.632. The molecule has 1 aromatic rings. The van der Waals surface area contributed by atoms with Crippen molar-refractivity contribution in [2.45, 2.75) is 77.3 Å². The highest BCUT2D eigenvalue weighted by atomic mass is 14.9. The first-order chi connectivity index (χ1) is 9.25. The lowest BCUT2D eigenvalue weighted by molar-refractivity contribution is 0.389. The highest BCUT2D eigenvalue weighted by Crippen LogP contribution is 2.18. The van der Waals surface area contributed by atoms with Gasteiger partial charge in [0.25, 0.3) is 0 Å². The highest BCUT2D eigenvalue weighted by molar-refractivity contribution is 5.24. The van der Waals surface area contributed by atoms with Gasteiger partial charge < -0.3 is 5.32 Å². The van der Waals surface area contributed by atoms with Crippen LogP contribution in [0.4, 0.5) is 0 Å². The number of nitrogens with one attached hydrogen (secondary N) is 1. The Morgan fingerprint density at radius 1 is 0.947 bits per heavy atom. The van der Waals surface area contributed by atoms with Crippen molar-refractivity contribution in [3.63, 3.8) is 0 Å². The zero-order valence-corrected chi connectivity index (χ0v) is 12.6. The van der Waals surface area contributed by atoms with Gasteiger partial charge in [-0.15, -0.1) is 0 Å². The minimum Gasteiger partial charge on any atom is -0.310 e. The first-order valence-corrected chi connectivity index (χ1v) is 8.08. The topological polar surface area (TPSA) is 12.0 Å². The van der Waals surface area contributed by atoms with Gasteiger partial charge in [0.15, 0.2) is 0 Å². The van der Waals surface area contributed by atoms with Crippen LogP contribution >= 0.6 is 0 Å². The summed E-state index contributed by atoms with van der Waals surface area (Å²) in [6, 6.07) is 9.86. The molecule has 0 saturated heterocycles. The van der Waals surface area contributed by atoms with E-state index in [-0.39, 0.29) is 0 Å². The quantitative estimate of drug-likeness (QED) is 0.801. The maximum absolute atomic E-state index is 3.75. The lowest BCUT2D eigenvalue weighted by atomic mass is 9.96. The average Bonchev–Trinajstić information content (AvgIpc) is 2.38. The molecule has 0 heterocycles. The molecule has 0 aliphatic heterocycles. The van der Waals surface area contributed by atoms with E-state index in [0.29, 0.717) is 5.92 Å². The molecule has 0 spiro atoms. The molecule has 0 atom stereocenters. The van der Waals surface area contributed by atoms with Gasteiger partial charge >= 0.3 is 0 Å². The van der Waals surface area contributed by atoms with Gasteiger partial charge in [0.2, 0.25) is 0 Å². The van der Waals surface area contributed by atoms with Crippen molar-refractivity contribution in [3.05, 3.63) is 35.4 Å². The average molecular weight is 259 g/mol. The molecule has 0 radical (unpaired) electrons. The lowest BCUT2D eigenvalue weighted by Gasteiger charge is -2.21. The number of hydrogen-bond acceptors (Lipinski definition) is 1. The number of rotatable bonds is 4. The zero-order chi connectivity index (χ0) is 13.5. The Labute approximate surface area is 118 Å². The van der Waals surface area contributed by atoms with E-state index in [4.69, 9.17) is 0 Å². The molecule has 2 rings (SSSR count). The molecule has 1 heteroatoms. The van der Waals surface area contributed by atoms with Crippen molar-refractivity contribution < 1.29 is 0 Å². The van der Waals surface area contributed by atoms with Crippen molar-refractivity contribution in [2.24, 2.45) is 0 Å². The second-order valence-corrected chi connectivity index (χ2v) is 6.32. The number of hydrogen-bond donors (Lipinski definition) is 1. The molecular weight excluding hydrogens is 230 g/mol. The standard InChI is InChI=1S/C18H29N/c1-15(2)17-12-10-16(11-13-17)14-19-18-8-6-4-3-5-7-9-18/h10-13,15,18-19H,3-9,14H2,1-2H3. The maximum atomic E-state index is 3.75. The van der Waals surface area contributed by atoms with Crippen molar-refractivity contribution >= 4 is 0 Å². The van der Waals surface area contributed by atoms with Crippen LogP contribution in [0.25, 0.3) is 0 Å². The third kappa shape index (κ3) is 4.99. The molecular formula is C18H29N. The summed E-state index contributed by atoms with van der Waals surface area (Å²) in [4.78, 5) is 0. The summed E-state index contributed by atoms with van der Waals surface area (Å²) in [6.45, 7) is 5.53. The minimum atomic E-state index is 0.632. The van der Waals surface area contributed by atoms with Gasteiger partial charge in [-0.1, -0.05) is 70.2 Å². The third-order valence-electron chi connectivity index (χ3n) is 4.35. The molecule has 106 valence electrons. The Bertz CT molecular complexity index is 344. The fourth-order valence-corrected chi connectivity index (χ4v) is 2.94. The van der Waals surface area contributed by atoms with Crippen molar-refractivity contribution in [1.29, 1.82) is 0 Å². The van der Waals surface area contributed by atoms with E-state index in [9.17, 15) is 0 Å². The Morgan fingerprint density at radius 3 is 2.11 bits per heavy atom. The molecule has 0 amide bonds. The van der Waals surface area contributed by atoms with Gasteiger partial charge in [0, 0.05) is 12.6 Å². The summed E-state index contributed by atoms with van der Waals surface area (Å²) >= 11 is 0. The normalized spacial score (nSPS) is 18.3. The highest BCUT2D eigenvalue weighted by Gasteiger charge is 2.10. The van der Waals surface area contributed by atoms with Crippen LogP contribution in [-0.2, 0) is 6.54 Å². The lowest BCUT2D eigenvalue weighted by Crippen LogP contribution is -2.29. The smallest absolute Gasteiger partial charge is 0.0208 e. The first kappa shape index (κ1) is 14.6. The van der Waals surface area contributed by atoms with E-state index in [1.54, 1.807) is 0 Å². The van der Waals surface area contributed by atoms with Gasteiger partial charge in [-0.25, -0.2) is 0 Å². The zero-order valence-electron chi connectivity index (χ0n) is 12.6. The Hall–Kier alpha value is -0.820. The SMILES string of the molecule is CC(C)c1ccc(CNC2CCCCCCC2)cc1. The first-order valence-electron chi connectivity index (χ1n) is 8.08. The number of benzene rings is 1. The summed E-state index contributed by atoms with van der Waals surface area (Å²) in [6.07, 6.45) is 9.86. The van der Waals surface area contributed by atoms with Gasteiger partial charge in [-0.3, -0.25) is 0 Å². The van der Waals surface area contributed by atoms with Crippen LogP contribution in [0.2, 0.25) is 0 Å². The van der Waals surface area contributed by atoms with Crippen molar-refractivity contribution in [2.75, 3.05) is 0 Å². The summed E-state index contributed by atoms with van der Waals surface area (Å²) in [5, 5.41) is 3.75. The monoisotopic (exact) mass is 259 g/mol. The Kier molecular flexibility index (Phi) is 5.91. The van der Waals surface area contributed by atoms with Crippen LogP contribution in [0.1, 0.15) is 75.8 Å². The molecule has 1 N–H and O–H groups in total. The summed E-state index contributed by atoms with van der Waals surface area (Å²) in [7, 11) is 0. The van der Waals surface area contributed by atoms with Gasteiger partial charge in [0.05, 0.1) is 0 Å². The molecule has 1 fully saturated rings. The molecule has 0 bridgehead atoms. The Balaban J connectivity index is 1.80. The molecule has 1 saturated carbocycles. The molecule has 1 aliphatic carbocycles. The molecule has 0 unspecified atom stereocenters.